The molecule has 0 saturated carbocycles. The van der Waals surface area contributed by atoms with Crippen LogP contribution in [-0.4, -0.2) is 56.5 Å². The molecule has 1 amide bonds. The Balaban J connectivity index is 1.44. The van der Waals surface area contributed by atoms with Gasteiger partial charge in [0.1, 0.15) is 0 Å². The number of fused-ring (bicyclic) bond motifs is 1. The van der Waals surface area contributed by atoms with Crippen LogP contribution < -0.4 is 9.46 Å². The van der Waals surface area contributed by atoms with E-state index in [1.807, 2.05) is 25.1 Å². The lowest BCUT2D eigenvalue weighted by Crippen LogP contribution is -2.49. The number of methoxy groups -OCH3 is 2. The average Bonchev–Trinajstić information content (AvgIpc) is 3.52. The molecule has 3 aromatic rings. The number of hydrogen-bond donors (Lipinski definition) is 1. The van der Waals surface area contributed by atoms with Crippen LogP contribution in [0.3, 0.4) is 0 Å². The fraction of sp³-hybridized carbons (Fsp3) is 0.423. The van der Waals surface area contributed by atoms with E-state index < -0.39 is 21.5 Å². The van der Waals surface area contributed by atoms with Gasteiger partial charge in [0.2, 0.25) is 11.8 Å². The molecule has 1 aliphatic carbocycles. The number of aryl methyl sites for hydroxylation is 2. The highest BCUT2D eigenvalue weighted by Gasteiger charge is 2.44. The number of benzene rings is 1. The zero-order valence-electron chi connectivity index (χ0n) is 21.1. The lowest BCUT2D eigenvalue weighted by molar-refractivity contribution is -0.206. The lowest BCUT2D eigenvalue weighted by Gasteiger charge is -2.39. The summed E-state index contributed by atoms with van der Waals surface area (Å²) >= 11 is 0. The summed E-state index contributed by atoms with van der Waals surface area (Å²) in [6, 6.07) is 9.18. The molecule has 0 radical (unpaired) electrons. The first-order valence-corrected chi connectivity index (χ1v) is 13.7. The predicted molar refractivity (Wildman–Crippen MR) is 135 cm³/mol. The molecule has 37 heavy (non-hydrogen) atoms. The Kier molecular flexibility index (Phi) is 6.78. The first-order chi connectivity index (χ1) is 17.8. The molecule has 1 fully saturated rings. The molecule has 3 heterocycles. The number of amides is 1. The van der Waals surface area contributed by atoms with Crippen molar-refractivity contribution < 1.29 is 27.4 Å². The van der Waals surface area contributed by atoms with Crippen molar-refractivity contribution in [3.05, 3.63) is 58.9 Å². The van der Waals surface area contributed by atoms with Crippen molar-refractivity contribution in [3.8, 4) is 17.0 Å². The number of nitrogens with one attached hydrogen (secondary N) is 1. The van der Waals surface area contributed by atoms with Crippen molar-refractivity contribution in [2.75, 3.05) is 27.4 Å². The zero-order chi connectivity index (χ0) is 26.2. The van der Waals surface area contributed by atoms with Crippen LogP contribution >= 0.6 is 0 Å². The minimum Gasteiger partial charge on any atom is -0.481 e. The minimum atomic E-state index is -4.20. The Bertz CT molecular complexity index is 1440. The van der Waals surface area contributed by atoms with E-state index in [4.69, 9.17) is 14.2 Å². The number of carbonyl (C=O) groups excluding carboxylic acids is 1. The Labute approximate surface area is 216 Å². The second-order valence-electron chi connectivity index (χ2n) is 9.25. The second kappa shape index (κ2) is 9.88. The van der Waals surface area contributed by atoms with Crippen LogP contribution in [0.1, 0.15) is 35.7 Å². The molecule has 0 unspecified atom stereocenters. The SMILES string of the molecule is CCn1nc(S(=O)(=O)NC(=O)Cc2c(-c3ccnc(OC)c3)ccc3c2CCC3)cc1C1(OC)COC1. The third-order valence-electron chi connectivity index (χ3n) is 7.10. The molecular weight excluding hydrogens is 496 g/mol. The van der Waals surface area contributed by atoms with Gasteiger partial charge in [0.25, 0.3) is 10.0 Å². The van der Waals surface area contributed by atoms with Crippen LogP contribution in [-0.2, 0) is 55.7 Å². The molecule has 0 atom stereocenters. The summed E-state index contributed by atoms with van der Waals surface area (Å²) in [6.45, 7) is 2.92. The van der Waals surface area contributed by atoms with E-state index in [-0.39, 0.29) is 11.4 Å². The number of rotatable bonds is 9. The van der Waals surface area contributed by atoms with E-state index in [0.717, 1.165) is 41.5 Å². The lowest BCUT2D eigenvalue weighted by atomic mass is 9.91. The summed E-state index contributed by atoms with van der Waals surface area (Å²) in [5.41, 5.74) is 4.68. The van der Waals surface area contributed by atoms with Gasteiger partial charge in [0, 0.05) is 32.0 Å². The quantitative estimate of drug-likeness (QED) is 0.451. The molecule has 1 aliphatic heterocycles. The molecule has 2 aromatic heterocycles. The van der Waals surface area contributed by atoms with Crippen molar-refractivity contribution in [1.82, 2.24) is 19.5 Å². The molecule has 1 saturated heterocycles. The van der Waals surface area contributed by atoms with Crippen LogP contribution in [0.5, 0.6) is 5.88 Å². The fourth-order valence-electron chi connectivity index (χ4n) is 5.09. The van der Waals surface area contributed by atoms with Crippen LogP contribution in [0.15, 0.2) is 41.6 Å². The van der Waals surface area contributed by atoms with Gasteiger partial charge in [-0.3, -0.25) is 9.48 Å². The summed E-state index contributed by atoms with van der Waals surface area (Å²) in [5, 5.41) is 4.03. The van der Waals surface area contributed by atoms with Gasteiger partial charge in [-0.2, -0.15) is 13.5 Å². The van der Waals surface area contributed by atoms with Gasteiger partial charge in [0.15, 0.2) is 10.6 Å². The van der Waals surface area contributed by atoms with Crippen LogP contribution in [0.2, 0.25) is 0 Å². The van der Waals surface area contributed by atoms with Gasteiger partial charge < -0.3 is 14.2 Å². The molecule has 10 nitrogen and oxygen atoms in total. The van der Waals surface area contributed by atoms with Gasteiger partial charge in [0.05, 0.1) is 32.4 Å². The first kappa shape index (κ1) is 25.4. The standard InChI is InChI=1S/C26H30N4O6S/c1-4-30-22(26(35-3)15-36-16-26)14-25(28-30)37(32,33)29-23(31)13-21-19-7-5-6-17(19)8-9-20(21)18-10-11-27-24(12-18)34-2/h8-12,14H,4-7,13,15-16H2,1-3H3,(H,29,31). The van der Waals surface area contributed by atoms with Crippen LogP contribution in [0.25, 0.3) is 11.1 Å². The largest absolute Gasteiger partial charge is 0.481 e. The third kappa shape index (κ3) is 4.62. The fourth-order valence-corrected chi connectivity index (χ4v) is 6.04. The number of nitrogens with zero attached hydrogens (tertiary/aromatic N) is 3. The molecule has 5 rings (SSSR count). The van der Waals surface area contributed by atoms with Crippen LogP contribution in [0.4, 0.5) is 0 Å². The summed E-state index contributed by atoms with van der Waals surface area (Å²) in [5.74, 6) is -0.160. The Morgan fingerprint density at radius 1 is 1.19 bits per heavy atom. The van der Waals surface area contributed by atoms with Gasteiger partial charge in [-0.1, -0.05) is 12.1 Å². The molecule has 1 aromatic carbocycles. The van der Waals surface area contributed by atoms with E-state index in [9.17, 15) is 13.2 Å². The van der Waals surface area contributed by atoms with Crippen molar-refractivity contribution in [1.29, 1.82) is 0 Å². The average molecular weight is 527 g/mol. The molecule has 0 bridgehead atoms. The molecular formula is C26H30N4O6S. The van der Waals surface area contributed by atoms with Gasteiger partial charge in [-0.05, 0) is 60.1 Å². The van der Waals surface area contributed by atoms with Crippen molar-refractivity contribution in [3.63, 3.8) is 0 Å². The molecule has 2 aliphatic rings. The van der Waals surface area contributed by atoms with E-state index >= 15 is 0 Å². The molecule has 0 spiro atoms. The van der Waals surface area contributed by atoms with Gasteiger partial charge >= 0.3 is 0 Å². The number of sulfonamides is 1. The number of aromatic nitrogens is 3. The Hall–Kier alpha value is -3.28. The van der Waals surface area contributed by atoms with E-state index in [2.05, 4.69) is 20.9 Å². The number of carbonyl (C=O) groups is 1. The zero-order valence-corrected chi connectivity index (χ0v) is 21.9. The summed E-state index contributed by atoms with van der Waals surface area (Å²) in [4.78, 5) is 17.4. The third-order valence-corrected chi connectivity index (χ3v) is 8.35. The Morgan fingerprint density at radius 2 is 2.00 bits per heavy atom. The maximum absolute atomic E-state index is 13.2. The predicted octanol–water partition coefficient (Wildman–Crippen LogP) is 2.38. The summed E-state index contributed by atoms with van der Waals surface area (Å²) in [6.07, 6.45) is 4.33. The minimum absolute atomic E-state index is 0.0838. The normalized spacial score (nSPS) is 16.2. The second-order valence-corrected chi connectivity index (χ2v) is 10.9. The summed E-state index contributed by atoms with van der Waals surface area (Å²) in [7, 11) is -1.10. The maximum atomic E-state index is 13.2. The molecule has 1 N–H and O–H groups in total. The van der Waals surface area contributed by atoms with Crippen LogP contribution in [0, 0.1) is 0 Å². The molecule has 196 valence electrons. The highest BCUT2D eigenvalue weighted by molar-refractivity contribution is 7.90. The smallest absolute Gasteiger partial charge is 0.283 e. The highest BCUT2D eigenvalue weighted by atomic mass is 32.2. The number of hydrogen-bond acceptors (Lipinski definition) is 8. The first-order valence-electron chi connectivity index (χ1n) is 12.2. The van der Waals surface area contributed by atoms with E-state index in [0.29, 0.717) is 31.3 Å². The topological polar surface area (TPSA) is 122 Å². The monoisotopic (exact) mass is 526 g/mol. The number of pyridine rings is 1. The highest BCUT2D eigenvalue weighted by Crippen LogP contribution is 2.36. The van der Waals surface area contributed by atoms with E-state index in [1.165, 1.54) is 11.6 Å². The van der Waals surface area contributed by atoms with E-state index in [1.54, 1.807) is 25.1 Å². The van der Waals surface area contributed by atoms with Crippen molar-refractivity contribution >= 4 is 15.9 Å². The van der Waals surface area contributed by atoms with Crippen molar-refractivity contribution in [2.24, 2.45) is 0 Å². The summed E-state index contributed by atoms with van der Waals surface area (Å²) < 4.78 is 46.4. The molecule has 11 heteroatoms. The Morgan fingerprint density at radius 3 is 2.68 bits per heavy atom. The maximum Gasteiger partial charge on any atom is 0.283 e. The number of ether oxygens (including phenoxy) is 3. The van der Waals surface area contributed by atoms with Crippen molar-refractivity contribution in [2.45, 2.75) is 49.8 Å². The van der Waals surface area contributed by atoms with Gasteiger partial charge in [-0.25, -0.2) is 9.71 Å². The van der Waals surface area contributed by atoms with Gasteiger partial charge in [-0.15, -0.1) is 0 Å².